The van der Waals surface area contributed by atoms with Crippen LogP contribution in [0.3, 0.4) is 0 Å². The van der Waals surface area contributed by atoms with Gasteiger partial charge in [0.15, 0.2) is 0 Å². The minimum absolute atomic E-state index is 0.459. The topological polar surface area (TPSA) is 18.5 Å². The van der Waals surface area contributed by atoms with Gasteiger partial charge in [-0.3, -0.25) is 0 Å². The van der Waals surface area contributed by atoms with Gasteiger partial charge < -0.3 is 9.47 Å². The molecule has 0 bridgehead atoms. The molecule has 0 spiro atoms. The molecule has 39 heavy (non-hydrogen) atoms. The summed E-state index contributed by atoms with van der Waals surface area (Å²) in [7, 11) is 0. The molecule has 5 rings (SSSR count). The fourth-order valence-corrected chi connectivity index (χ4v) is 5.92. The SMILES string of the molecule is CCCCCCOc1ccc(C2(c3ccc(OCCCCCC)cc3)c3c[c]ccc3-c3cc[c]cc32)cc1. The number of fused-ring (bicyclic) bond motifs is 3. The van der Waals surface area contributed by atoms with Crippen molar-refractivity contribution >= 4 is 0 Å². The molecule has 0 saturated carbocycles. The number of hydrogen-bond acceptors (Lipinski definition) is 2. The summed E-state index contributed by atoms with van der Waals surface area (Å²) >= 11 is 0. The molecule has 0 unspecified atom stereocenters. The maximum Gasteiger partial charge on any atom is 0.119 e. The Kier molecular flexibility index (Phi) is 9.04. The summed E-state index contributed by atoms with van der Waals surface area (Å²) in [6, 6.07) is 36.9. The fourth-order valence-electron chi connectivity index (χ4n) is 5.92. The van der Waals surface area contributed by atoms with Crippen LogP contribution in [0.1, 0.15) is 87.5 Å². The van der Waals surface area contributed by atoms with Crippen molar-refractivity contribution in [2.45, 2.75) is 70.6 Å². The van der Waals surface area contributed by atoms with E-state index in [4.69, 9.17) is 9.47 Å². The lowest BCUT2D eigenvalue weighted by molar-refractivity contribution is 0.305. The molecule has 2 radical (unpaired) electrons. The fraction of sp³-hybridized carbons (Fsp3) is 0.351. The van der Waals surface area contributed by atoms with E-state index in [1.54, 1.807) is 0 Å². The Morgan fingerprint density at radius 3 is 1.38 bits per heavy atom. The van der Waals surface area contributed by atoms with Crippen molar-refractivity contribution in [2.75, 3.05) is 13.2 Å². The first-order valence-electron chi connectivity index (χ1n) is 14.8. The molecule has 0 saturated heterocycles. The average molecular weight is 517 g/mol. The molecule has 0 atom stereocenters. The summed E-state index contributed by atoms with van der Waals surface area (Å²) in [6.45, 7) is 6.00. The summed E-state index contributed by atoms with van der Waals surface area (Å²) in [5, 5.41) is 0. The summed E-state index contributed by atoms with van der Waals surface area (Å²) in [4.78, 5) is 0. The van der Waals surface area contributed by atoms with Crippen LogP contribution in [-0.4, -0.2) is 13.2 Å². The molecule has 4 aromatic carbocycles. The zero-order valence-corrected chi connectivity index (χ0v) is 23.5. The van der Waals surface area contributed by atoms with Gasteiger partial charge in [0, 0.05) is 0 Å². The quantitative estimate of drug-likeness (QED) is 0.137. The van der Waals surface area contributed by atoms with Gasteiger partial charge >= 0.3 is 0 Å². The Bertz CT molecular complexity index is 1220. The van der Waals surface area contributed by atoms with Crippen molar-refractivity contribution in [3.05, 3.63) is 119 Å². The highest BCUT2D eigenvalue weighted by atomic mass is 16.5. The zero-order chi connectivity index (χ0) is 26.9. The van der Waals surface area contributed by atoms with Crippen molar-refractivity contribution in [3.63, 3.8) is 0 Å². The van der Waals surface area contributed by atoms with Crippen molar-refractivity contribution in [1.29, 1.82) is 0 Å². The van der Waals surface area contributed by atoms with E-state index in [0.717, 1.165) is 37.6 Å². The molecule has 0 heterocycles. The van der Waals surface area contributed by atoms with Crippen molar-refractivity contribution in [2.24, 2.45) is 0 Å². The third-order valence-electron chi connectivity index (χ3n) is 7.93. The standard InChI is InChI=1S/C37H40O2/c1-3-5-7-13-27-38-31-23-19-29(20-24-31)37(30-21-25-32(26-22-30)39-28-14-8-6-4-2)35-17-11-9-15-33(35)34-16-10-12-18-36(34)37/h9-10,15-26H,3-8,13-14,27-28H2,1-2H3. The predicted octanol–water partition coefficient (Wildman–Crippen LogP) is 9.57. The molecule has 1 aliphatic carbocycles. The van der Waals surface area contributed by atoms with Crippen LogP contribution >= 0.6 is 0 Å². The number of hydrogen-bond donors (Lipinski definition) is 0. The zero-order valence-electron chi connectivity index (χ0n) is 23.5. The lowest BCUT2D eigenvalue weighted by atomic mass is 9.68. The second-order valence-electron chi connectivity index (χ2n) is 10.6. The number of unbranched alkanes of at least 4 members (excludes halogenated alkanes) is 6. The van der Waals surface area contributed by atoms with E-state index in [0.29, 0.717) is 0 Å². The minimum Gasteiger partial charge on any atom is -0.494 e. The summed E-state index contributed by atoms with van der Waals surface area (Å²) in [5.41, 5.74) is 6.98. The number of ether oxygens (including phenoxy) is 2. The molecule has 2 nitrogen and oxygen atoms in total. The second kappa shape index (κ2) is 13.0. The van der Waals surface area contributed by atoms with Crippen LogP contribution in [0.4, 0.5) is 0 Å². The molecular formula is C37H40O2. The third-order valence-corrected chi connectivity index (χ3v) is 7.93. The van der Waals surface area contributed by atoms with Gasteiger partial charge in [0.1, 0.15) is 11.5 Å². The highest BCUT2D eigenvalue weighted by Gasteiger charge is 2.45. The average Bonchev–Trinajstić information content (AvgIpc) is 3.29. The van der Waals surface area contributed by atoms with Gasteiger partial charge in [0.25, 0.3) is 0 Å². The van der Waals surface area contributed by atoms with Crippen LogP contribution in [-0.2, 0) is 5.41 Å². The normalized spacial score (nSPS) is 13.1. The van der Waals surface area contributed by atoms with Crippen LogP contribution in [0, 0.1) is 12.1 Å². The largest absolute Gasteiger partial charge is 0.494 e. The van der Waals surface area contributed by atoms with Gasteiger partial charge in [0.05, 0.1) is 18.6 Å². The first-order valence-corrected chi connectivity index (χ1v) is 14.8. The smallest absolute Gasteiger partial charge is 0.119 e. The Hall–Kier alpha value is -3.52. The minimum atomic E-state index is -0.459. The van der Waals surface area contributed by atoms with Gasteiger partial charge in [0.2, 0.25) is 0 Å². The monoisotopic (exact) mass is 516 g/mol. The molecule has 0 aromatic heterocycles. The number of benzene rings is 4. The molecule has 4 aromatic rings. The molecule has 2 heteroatoms. The van der Waals surface area contributed by atoms with E-state index in [1.165, 1.54) is 71.9 Å². The van der Waals surface area contributed by atoms with Crippen LogP contribution in [0.15, 0.2) is 84.9 Å². The highest BCUT2D eigenvalue weighted by molar-refractivity contribution is 5.86. The van der Waals surface area contributed by atoms with Gasteiger partial charge in [-0.05, 0) is 94.8 Å². The maximum absolute atomic E-state index is 6.10. The molecule has 0 fully saturated rings. The molecular weight excluding hydrogens is 476 g/mol. The van der Waals surface area contributed by atoms with Crippen LogP contribution in [0.2, 0.25) is 0 Å². The van der Waals surface area contributed by atoms with Crippen molar-refractivity contribution in [3.8, 4) is 22.6 Å². The number of rotatable bonds is 14. The van der Waals surface area contributed by atoms with Crippen molar-refractivity contribution in [1.82, 2.24) is 0 Å². The van der Waals surface area contributed by atoms with Crippen molar-refractivity contribution < 1.29 is 9.47 Å². The first kappa shape index (κ1) is 27.1. The van der Waals surface area contributed by atoms with Crippen LogP contribution in [0.25, 0.3) is 11.1 Å². The van der Waals surface area contributed by atoms with E-state index in [9.17, 15) is 0 Å². The lowest BCUT2D eigenvalue weighted by Gasteiger charge is -2.34. The second-order valence-corrected chi connectivity index (χ2v) is 10.6. The Balaban J connectivity index is 1.50. The van der Waals surface area contributed by atoms with Crippen LogP contribution < -0.4 is 9.47 Å². The molecule has 1 aliphatic rings. The predicted molar refractivity (Wildman–Crippen MR) is 161 cm³/mol. The molecule has 0 aliphatic heterocycles. The van der Waals surface area contributed by atoms with E-state index in [2.05, 4.69) is 98.8 Å². The Labute approximate surface area is 235 Å². The van der Waals surface area contributed by atoms with Gasteiger partial charge in [-0.2, -0.15) is 0 Å². The summed E-state index contributed by atoms with van der Waals surface area (Å²) < 4.78 is 12.2. The van der Waals surface area contributed by atoms with Crippen LogP contribution in [0.5, 0.6) is 11.5 Å². The third kappa shape index (κ3) is 5.62. The van der Waals surface area contributed by atoms with Gasteiger partial charge in [-0.15, -0.1) is 0 Å². The first-order chi connectivity index (χ1) is 19.3. The molecule has 0 amide bonds. The maximum atomic E-state index is 6.10. The molecule has 0 N–H and O–H groups in total. The Morgan fingerprint density at radius 2 is 0.974 bits per heavy atom. The lowest BCUT2D eigenvalue weighted by Crippen LogP contribution is -2.28. The summed E-state index contributed by atoms with van der Waals surface area (Å²) in [6.07, 6.45) is 9.63. The van der Waals surface area contributed by atoms with E-state index in [-0.39, 0.29) is 0 Å². The summed E-state index contributed by atoms with van der Waals surface area (Å²) in [5.74, 6) is 1.85. The molecule has 200 valence electrons. The van der Waals surface area contributed by atoms with E-state index >= 15 is 0 Å². The highest BCUT2D eigenvalue weighted by Crippen LogP contribution is 2.56. The Morgan fingerprint density at radius 1 is 0.538 bits per heavy atom. The van der Waals surface area contributed by atoms with E-state index in [1.807, 2.05) is 12.1 Å². The van der Waals surface area contributed by atoms with E-state index < -0.39 is 5.41 Å². The van der Waals surface area contributed by atoms with Gasteiger partial charge in [-0.25, -0.2) is 0 Å². The van der Waals surface area contributed by atoms with Gasteiger partial charge in [-0.1, -0.05) is 101 Å².